The number of carbonyl (C=O) groups is 1. The lowest BCUT2D eigenvalue weighted by molar-refractivity contribution is -0.112. The highest BCUT2D eigenvalue weighted by atomic mass is 16.3. The van der Waals surface area contributed by atoms with Gasteiger partial charge in [-0.1, -0.05) is 5.92 Å². The van der Waals surface area contributed by atoms with Gasteiger partial charge in [-0.2, -0.15) is 0 Å². The molecule has 1 unspecified atom stereocenters. The largest absolute Gasteiger partial charge is 0.381 e. The minimum Gasteiger partial charge on any atom is -0.381 e. The smallest absolute Gasteiger partial charge is 0.294 e. The summed E-state index contributed by atoms with van der Waals surface area (Å²) in [5, 5.41) is 8.70. The van der Waals surface area contributed by atoms with Crippen molar-refractivity contribution in [2.45, 2.75) is 13.0 Å². The molecule has 0 aliphatic carbocycles. The molecular formula is C11H7NO2. The molecule has 0 heterocycles. The van der Waals surface area contributed by atoms with E-state index in [0.717, 1.165) is 0 Å². The summed E-state index contributed by atoms with van der Waals surface area (Å²) in [7, 11) is 0. The summed E-state index contributed by atoms with van der Waals surface area (Å²) >= 11 is 0. The molecule has 0 bridgehead atoms. The topological polar surface area (TPSA) is 63.3 Å². The van der Waals surface area contributed by atoms with Gasteiger partial charge in [0.05, 0.1) is 0 Å². The molecule has 0 rings (SSSR count). The number of hydrogen-bond donors (Lipinski definition) is 2. The van der Waals surface area contributed by atoms with Gasteiger partial charge in [-0.05, 0) is 42.4 Å². The van der Waals surface area contributed by atoms with Gasteiger partial charge in [0, 0.05) is 5.92 Å². The Hall–Kier alpha value is -2.33. The average molecular weight is 185 g/mol. The first-order valence-corrected chi connectivity index (χ1v) is 3.62. The maximum absolute atomic E-state index is 10.1. The normalized spacial score (nSPS) is 8.14. The Labute approximate surface area is 82.7 Å². The van der Waals surface area contributed by atoms with Crippen molar-refractivity contribution in [3.05, 3.63) is 0 Å². The van der Waals surface area contributed by atoms with Crippen molar-refractivity contribution in [3.8, 4) is 47.4 Å². The van der Waals surface area contributed by atoms with Gasteiger partial charge in [-0.3, -0.25) is 4.79 Å². The van der Waals surface area contributed by atoms with Crippen LogP contribution in [0.25, 0.3) is 0 Å². The fourth-order valence-corrected chi connectivity index (χ4v) is 0.358. The highest BCUT2D eigenvalue weighted by Gasteiger charge is 1.78. The molecule has 0 aliphatic heterocycles. The molecule has 0 aromatic heterocycles. The lowest BCUT2D eigenvalue weighted by Crippen LogP contribution is -2.05. The SMILES string of the molecule is CC(O)C#CC#CC#CC#CC(N)=O. The quantitative estimate of drug-likeness (QED) is 0.469. The predicted octanol–water partition coefficient (Wildman–Crippen LogP) is -1.13. The Morgan fingerprint density at radius 3 is 2.14 bits per heavy atom. The first-order valence-electron chi connectivity index (χ1n) is 3.62. The summed E-state index contributed by atoms with van der Waals surface area (Å²) in [5.41, 5.74) is 4.72. The maximum atomic E-state index is 10.1. The van der Waals surface area contributed by atoms with E-state index in [1.807, 2.05) is 5.92 Å². The van der Waals surface area contributed by atoms with E-state index in [9.17, 15) is 4.79 Å². The zero-order chi connectivity index (χ0) is 10.8. The van der Waals surface area contributed by atoms with Crippen LogP contribution in [0, 0.1) is 47.4 Å². The van der Waals surface area contributed by atoms with E-state index in [1.54, 1.807) is 0 Å². The predicted molar refractivity (Wildman–Crippen MR) is 52.0 cm³/mol. The van der Waals surface area contributed by atoms with E-state index in [0.29, 0.717) is 0 Å². The fraction of sp³-hybridized carbons (Fsp3) is 0.182. The van der Waals surface area contributed by atoms with Crippen molar-refractivity contribution in [1.82, 2.24) is 0 Å². The van der Waals surface area contributed by atoms with Crippen molar-refractivity contribution in [2.75, 3.05) is 0 Å². The molecule has 1 atom stereocenters. The molecule has 0 aromatic carbocycles. The second kappa shape index (κ2) is 7.33. The van der Waals surface area contributed by atoms with E-state index in [4.69, 9.17) is 10.8 Å². The summed E-state index contributed by atoms with van der Waals surface area (Å²) in [6, 6.07) is 0. The number of amides is 1. The molecule has 0 aromatic rings. The summed E-state index contributed by atoms with van der Waals surface area (Å²) in [5.74, 6) is 17.6. The Balaban J connectivity index is 4.15. The average Bonchev–Trinajstić information content (AvgIpc) is 2.08. The third-order valence-corrected chi connectivity index (χ3v) is 0.779. The van der Waals surface area contributed by atoms with Gasteiger partial charge in [-0.25, -0.2) is 0 Å². The number of carbonyl (C=O) groups excluding carboxylic acids is 1. The van der Waals surface area contributed by atoms with Crippen molar-refractivity contribution in [3.63, 3.8) is 0 Å². The third kappa shape index (κ3) is 9.67. The van der Waals surface area contributed by atoms with Crippen LogP contribution >= 0.6 is 0 Å². The van der Waals surface area contributed by atoms with E-state index in [2.05, 4.69) is 41.4 Å². The summed E-state index contributed by atoms with van der Waals surface area (Å²) in [6.07, 6.45) is -0.702. The third-order valence-electron chi connectivity index (χ3n) is 0.779. The molecule has 0 fully saturated rings. The monoisotopic (exact) mass is 185 g/mol. The summed E-state index contributed by atoms with van der Waals surface area (Å²) in [4.78, 5) is 10.1. The minimum atomic E-state index is -0.735. The minimum absolute atomic E-state index is 0.702. The molecule has 3 nitrogen and oxygen atoms in total. The highest BCUT2D eigenvalue weighted by Crippen LogP contribution is 1.70. The molecule has 1 amide bonds. The van der Waals surface area contributed by atoms with Gasteiger partial charge in [0.1, 0.15) is 6.10 Å². The van der Waals surface area contributed by atoms with Gasteiger partial charge in [0.2, 0.25) is 0 Å². The van der Waals surface area contributed by atoms with Crippen LogP contribution in [0.5, 0.6) is 0 Å². The zero-order valence-corrected chi connectivity index (χ0v) is 7.51. The molecule has 0 aliphatic rings. The van der Waals surface area contributed by atoms with Crippen molar-refractivity contribution < 1.29 is 9.90 Å². The van der Waals surface area contributed by atoms with Gasteiger partial charge in [-0.15, -0.1) is 0 Å². The van der Waals surface area contributed by atoms with Crippen LogP contribution in [0.2, 0.25) is 0 Å². The first kappa shape index (κ1) is 11.7. The van der Waals surface area contributed by atoms with E-state index >= 15 is 0 Å². The molecule has 68 valence electrons. The maximum Gasteiger partial charge on any atom is 0.294 e. The van der Waals surface area contributed by atoms with Crippen LogP contribution in [0.15, 0.2) is 0 Å². The molecule has 14 heavy (non-hydrogen) atoms. The van der Waals surface area contributed by atoms with Crippen LogP contribution in [0.1, 0.15) is 6.92 Å². The van der Waals surface area contributed by atoms with E-state index < -0.39 is 12.0 Å². The van der Waals surface area contributed by atoms with Crippen molar-refractivity contribution >= 4 is 5.91 Å². The van der Waals surface area contributed by atoms with Gasteiger partial charge in [0.15, 0.2) is 0 Å². The molecule has 3 heteroatoms. The summed E-state index contributed by atoms with van der Waals surface area (Å²) in [6.45, 7) is 1.53. The van der Waals surface area contributed by atoms with Crippen LogP contribution in [0.3, 0.4) is 0 Å². The van der Waals surface area contributed by atoms with Crippen molar-refractivity contribution in [2.24, 2.45) is 5.73 Å². The number of aliphatic hydroxyl groups is 1. The molecule has 0 spiro atoms. The molecule has 0 radical (unpaired) electrons. The van der Waals surface area contributed by atoms with Gasteiger partial charge < -0.3 is 10.8 Å². The van der Waals surface area contributed by atoms with Crippen LogP contribution in [0.4, 0.5) is 0 Å². The zero-order valence-electron chi connectivity index (χ0n) is 7.51. The van der Waals surface area contributed by atoms with Crippen LogP contribution in [-0.2, 0) is 4.79 Å². The number of primary amides is 1. The van der Waals surface area contributed by atoms with E-state index in [1.165, 1.54) is 6.92 Å². The summed E-state index contributed by atoms with van der Waals surface area (Å²) < 4.78 is 0. The number of nitrogens with two attached hydrogens (primary N) is 1. The highest BCUT2D eigenvalue weighted by molar-refractivity contribution is 5.92. The fourth-order valence-electron chi connectivity index (χ4n) is 0.358. The Bertz CT molecular complexity index is 444. The number of hydrogen-bond acceptors (Lipinski definition) is 2. The Kier molecular flexibility index (Phi) is 6.11. The van der Waals surface area contributed by atoms with E-state index in [-0.39, 0.29) is 0 Å². The lowest BCUT2D eigenvalue weighted by Gasteiger charge is -1.82. The molecular weight excluding hydrogens is 178 g/mol. The van der Waals surface area contributed by atoms with Crippen LogP contribution < -0.4 is 5.73 Å². The molecule has 3 N–H and O–H groups in total. The second-order valence-corrected chi connectivity index (χ2v) is 2.06. The Morgan fingerprint density at radius 1 is 1.14 bits per heavy atom. The van der Waals surface area contributed by atoms with Gasteiger partial charge >= 0.3 is 0 Å². The standard InChI is InChI=1S/C11H7NO2/c1-10(13)8-6-4-2-3-5-7-9-11(12)14/h10,13H,1H3,(H2,12,14). The Morgan fingerprint density at radius 2 is 1.64 bits per heavy atom. The van der Waals surface area contributed by atoms with Crippen molar-refractivity contribution in [1.29, 1.82) is 0 Å². The molecule has 0 saturated heterocycles. The van der Waals surface area contributed by atoms with Gasteiger partial charge in [0.25, 0.3) is 5.91 Å². The first-order chi connectivity index (χ1) is 6.63. The van der Waals surface area contributed by atoms with Crippen LogP contribution in [-0.4, -0.2) is 17.1 Å². The lowest BCUT2D eigenvalue weighted by atomic mass is 10.4. The number of rotatable bonds is 0. The molecule has 0 saturated carbocycles. The number of aliphatic hydroxyl groups excluding tert-OH is 1. The second-order valence-electron chi connectivity index (χ2n) is 2.06.